The summed E-state index contributed by atoms with van der Waals surface area (Å²) in [5, 5.41) is 20.4. The van der Waals surface area contributed by atoms with Crippen LogP contribution in [0.25, 0.3) is 0 Å². The molecule has 0 aliphatic carbocycles. The van der Waals surface area contributed by atoms with Gasteiger partial charge in [-0.25, -0.2) is 4.79 Å². The van der Waals surface area contributed by atoms with Crippen LogP contribution >= 0.6 is 0 Å². The number of phenolic OH excluding ortho intramolecular Hbond substituents is 1. The third-order valence-electron chi connectivity index (χ3n) is 4.79. The van der Waals surface area contributed by atoms with Gasteiger partial charge in [0.05, 0.1) is 18.8 Å². The second-order valence-corrected chi connectivity index (χ2v) is 6.45. The van der Waals surface area contributed by atoms with Crippen LogP contribution in [0.1, 0.15) is 42.1 Å². The molecule has 5 nitrogen and oxygen atoms in total. The highest BCUT2D eigenvalue weighted by atomic mass is 16.5. The van der Waals surface area contributed by atoms with Gasteiger partial charge in [0.1, 0.15) is 11.3 Å². The monoisotopic (exact) mass is 329 g/mol. The van der Waals surface area contributed by atoms with E-state index in [4.69, 9.17) is 4.74 Å². The molecular weight excluding hydrogens is 306 g/mol. The van der Waals surface area contributed by atoms with Crippen molar-refractivity contribution in [1.29, 1.82) is 0 Å². The summed E-state index contributed by atoms with van der Waals surface area (Å²) in [7, 11) is 0. The Morgan fingerprint density at radius 3 is 2.75 bits per heavy atom. The van der Waals surface area contributed by atoms with Gasteiger partial charge in [-0.2, -0.15) is 0 Å². The molecule has 3 saturated heterocycles. The standard InChI is InChI=1S/C19H23NO4/c1-2-11-24-19(23)15-5-3-13(12-17(15)21)4-6-16-18(22)14-7-9-20(16)10-8-14/h3,5,12,14,16,18,21-22H,2,7-11H2,1H3. The molecule has 1 aromatic rings. The lowest BCUT2D eigenvalue weighted by Crippen LogP contribution is -2.57. The van der Waals surface area contributed by atoms with Crippen LogP contribution in [0.15, 0.2) is 18.2 Å². The number of ether oxygens (including phenoxy) is 1. The molecule has 2 N–H and O–H groups in total. The Hall–Kier alpha value is -2.03. The van der Waals surface area contributed by atoms with E-state index in [2.05, 4.69) is 16.7 Å². The highest BCUT2D eigenvalue weighted by Crippen LogP contribution is 2.32. The van der Waals surface area contributed by atoms with Gasteiger partial charge in [-0.1, -0.05) is 18.8 Å². The van der Waals surface area contributed by atoms with E-state index in [1.165, 1.54) is 12.1 Å². The molecule has 24 heavy (non-hydrogen) atoms. The van der Waals surface area contributed by atoms with Crippen molar-refractivity contribution < 1.29 is 19.7 Å². The molecule has 3 heterocycles. The van der Waals surface area contributed by atoms with Gasteiger partial charge >= 0.3 is 5.97 Å². The Labute approximate surface area is 142 Å². The number of nitrogens with zero attached hydrogens (tertiary/aromatic N) is 1. The molecule has 2 unspecified atom stereocenters. The zero-order valence-corrected chi connectivity index (χ0v) is 13.9. The van der Waals surface area contributed by atoms with Crippen LogP contribution < -0.4 is 0 Å². The van der Waals surface area contributed by atoms with E-state index in [9.17, 15) is 15.0 Å². The first-order chi connectivity index (χ1) is 11.6. The van der Waals surface area contributed by atoms with Crippen molar-refractivity contribution in [2.45, 2.75) is 38.3 Å². The molecule has 2 atom stereocenters. The number of carbonyl (C=O) groups is 1. The SMILES string of the molecule is CCCOC(=O)c1ccc(C#CC2C(O)C3CCN2CC3)cc1O. The first-order valence-electron chi connectivity index (χ1n) is 8.54. The van der Waals surface area contributed by atoms with Crippen molar-refractivity contribution in [3.05, 3.63) is 29.3 Å². The van der Waals surface area contributed by atoms with Crippen LogP contribution in [0.2, 0.25) is 0 Å². The van der Waals surface area contributed by atoms with Gasteiger partial charge in [0.25, 0.3) is 0 Å². The molecule has 2 bridgehead atoms. The Balaban J connectivity index is 1.73. The minimum Gasteiger partial charge on any atom is -0.507 e. The third-order valence-corrected chi connectivity index (χ3v) is 4.79. The second kappa shape index (κ2) is 7.25. The summed E-state index contributed by atoms with van der Waals surface area (Å²) >= 11 is 0. The van der Waals surface area contributed by atoms with Crippen molar-refractivity contribution >= 4 is 5.97 Å². The van der Waals surface area contributed by atoms with Gasteiger partial charge in [0, 0.05) is 5.56 Å². The van der Waals surface area contributed by atoms with Gasteiger partial charge in [0.15, 0.2) is 0 Å². The number of aromatic hydroxyl groups is 1. The zero-order chi connectivity index (χ0) is 17.1. The van der Waals surface area contributed by atoms with E-state index in [0.717, 1.165) is 32.4 Å². The first-order valence-corrected chi connectivity index (χ1v) is 8.54. The number of esters is 1. The van der Waals surface area contributed by atoms with E-state index in [0.29, 0.717) is 18.1 Å². The summed E-state index contributed by atoms with van der Waals surface area (Å²) < 4.78 is 5.03. The Morgan fingerprint density at radius 1 is 1.38 bits per heavy atom. The molecule has 1 aromatic carbocycles. The number of phenols is 1. The number of carbonyl (C=O) groups excluding carboxylic acids is 1. The summed E-state index contributed by atoms with van der Waals surface area (Å²) in [5.41, 5.74) is 0.767. The maximum absolute atomic E-state index is 11.8. The van der Waals surface area contributed by atoms with Crippen LogP contribution in [0, 0.1) is 17.8 Å². The molecule has 3 fully saturated rings. The fourth-order valence-electron chi connectivity index (χ4n) is 3.40. The summed E-state index contributed by atoms with van der Waals surface area (Å²) in [6, 6.07) is 4.55. The lowest BCUT2D eigenvalue weighted by molar-refractivity contribution is -0.0500. The normalized spacial score (nSPS) is 28.1. The number of fused-ring (bicyclic) bond motifs is 3. The Bertz CT molecular complexity index is 666. The molecule has 3 aliphatic rings. The number of piperidine rings is 3. The van der Waals surface area contributed by atoms with Crippen LogP contribution in [-0.4, -0.2) is 52.9 Å². The van der Waals surface area contributed by atoms with Gasteiger partial charge in [-0.3, -0.25) is 4.90 Å². The fourth-order valence-corrected chi connectivity index (χ4v) is 3.40. The zero-order valence-electron chi connectivity index (χ0n) is 13.9. The number of rotatable bonds is 3. The van der Waals surface area contributed by atoms with Crippen molar-refractivity contribution in [2.75, 3.05) is 19.7 Å². The molecule has 128 valence electrons. The van der Waals surface area contributed by atoms with E-state index in [1.807, 2.05) is 6.92 Å². The molecule has 5 heteroatoms. The molecule has 0 saturated carbocycles. The topological polar surface area (TPSA) is 70.0 Å². The van der Waals surface area contributed by atoms with E-state index in [-0.39, 0.29) is 17.4 Å². The molecular formula is C19H23NO4. The average molecular weight is 329 g/mol. The third kappa shape index (κ3) is 3.40. The molecule has 3 aliphatic heterocycles. The largest absolute Gasteiger partial charge is 0.507 e. The number of aliphatic hydroxyl groups excluding tert-OH is 1. The minimum atomic E-state index is -0.528. The minimum absolute atomic E-state index is 0.131. The highest BCUT2D eigenvalue weighted by Gasteiger charge is 2.40. The summed E-state index contributed by atoms with van der Waals surface area (Å²) in [6.07, 6.45) is 2.40. The molecule has 0 radical (unpaired) electrons. The Morgan fingerprint density at radius 2 is 2.12 bits per heavy atom. The van der Waals surface area contributed by atoms with E-state index in [1.54, 1.807) is 6.07 Å². The highest BCUT2D eigenvalue weighted by molar-refractivity contribution is 5.92. The summed E-state index contributed by atoms with van der Waals surface area (Å²) in [4.78, 5) is 14.0. The average Bonchev–Trinajstić information content (AvgIpc) is 2.60. The fraction of sp³-hybridized carbons (Fsp3) is 0.526. The van der Waals surface area contributed by atoms with Gasteiger partial charge in [-0.15, -0.1) is 0 Å². The molecule has 0 aromatic heterocycles. The number of benzene rings is 1. The summed E-state index contributed by atoms with van der Waals surface area (Å²) in [5.74, 6) is 5.83. The van der Waals surface area contributed by atoms with Crippen LogP contribution in [0.4, 0.5) is 0 Å². The first kappa shape index (κ1) is 16.8. The van der Waals surface area contributed by atoms with Crippen molar-refractivity contribution in [3.63, 3.8) is 0 Å². The van der Waals surface area contributed by atoms with Gasteiger partial charge < -0.3 is 14.9 Å². The van der Waals surface area contributed by atoms with Crippen molar-refractivity contribution in [2.24, 2.45) is 5.92 Å². The second-order valence-electron chi connectivity index (χ2n) is 6.45. The number of hydrogen-bond acceptors (Lipinski definition) is 5. The predicted octanol–water partition coefficient (Wildman–Crippen LogP) is 1.77. The van der Waals surface area contributed by atoms with Crippen LogP contribution in [-0.2, 0) is 4.74 Å². The quantitative estimate of drug-likeness (QED) is 0.653. The maximum atomic E-state index is 11.8. The maximum Gasteiger partial charge on any atom is 0.341 e. The van der Waals surface area contributed by atoms with Gasteiger partial charge in [-0.05, 0) is 56.5 Å². The lowest BCUT2D eigenvalue weighted by atomic mass is 9.81. The smallest absolute Gasteiger partial charge is 0.341 e. The van der Waals surface area contributed by atoms with Crippen LogP contribution in [0.5, 0.6) is 5.75 Å². The lowest BCUT2D eigenvalue weighted by Gasteiger charge is -2.46. The van der Waals surface area contributed by atoms with Crippen LogP contribution in [0.3, 0.4) is 0 Å². The van der Waals surface area contributed by atoms with E-state index >= 15 is 0 Å². The molecule has 0 amide bonds. The Kier molecular flexibility index (Phi) is 5.08. The van der Waals surface area contributed by atoms with E-state index < -0.39 is 12.1 Å². The van der Waals surface area contributed by atoms with Gasteiger partial charge in [0.2, 0.25) is 0 Å². The van der Waals surface area contributed by atoms with Crippen molar-refractivity contribution in [3.8, 4) is 17.6 Å². The number of hydrogen-bond donors (Lipinski definition) is 2. The van der Waals surface area contributed by atoms with Crippen molar-refractivity contribution in [1.82, 2.24) is 4.90 Å². The summed E-state index contributed by atoms with van der Waals surface area (Å²) in [6.45, 7) is 4.20. The molecule has 0 spiro atoms. The predicted molar refractivity (Wildman–Crippen MR) is 89.7 cm³/mol. The molecule has 4 rings (SSSR count). The number of aliphatic hydroxyl groups is 1.